The topological polar surface area (TPSA) is 87.9 Å². The van der Waals surface area contributed by atoms with Crippen LogP contribution in [0.2, 0.25) is 0 Å². The number of carbonyl (C=O) groups is 1. The van der Waals surface area contributed by atoms with Crippen LogP contribution in [0.25, 0.3) is 0 Å². The molecule has 0 aliphatic rings. The summed E-state index contributed by atoms with van der Waals surface area (Å²) < 4.78 is 0. The van der Waals surface area contributed by atoms with Crippen LogP contribution < -0.4 is 10.2 Å². The van der Waals surface area contributed by atoms with Crippen molar-refractivity contribution in [3.8, 4) is 11.5 Å². The van der Waals surface area contributed by atoms with Crippen molar-refractivity contribution in [1.29, 1.82) is 0 Å². The minimum absolute atomic E-state index is 0. The van der Waals surface area contributed by atoms with Crippen molar-refractivity contribution in [2.45, 2.75) is 175 Å². The maximum atomic E-state index is 12.1. The smallest absolute Gasteiger partial charge is 0.873 e. The van der Waals surface area contributed by atoms with Gasteiger partial charge in [0.2, 0.25) is 0 Å². The van der Waals surface area contributed by atoms with Gasteiger partial charge in [0, 0.05) is 12.8 Å². The van der Waals surface area contributed by atoms with Crippen LogP contribution in [0.3, 0.4) is 0 Å². The molecule has 300 valence electrons. The number of hydrogen-bond donors (Lipinski definition) is 0. The zero-order valence-corrected chi connectivity index (χ0v) is 35.1. The fourth-order valence-electron chi connectivity index (χ4n) is 6.40. The number of para-hydroxylation sites is 2. The summed E-state index contributed by atoms with van der Waals surface area (Å²) in [5.74, 6) is -0.886. The van der Waals surface area contributed by atoms with E-state index in [1.54, 1.807) is 6.07 Å². The Kier molecular flexibility index (Phi) is 29.0. The molecule has 0 N–H and O–H groups in total. The van der Waals surface area contributed by atoms with E-state index in [0.717, 1.165) is 74.0 Å². The van der Waals surface area contributed by atoms with Crippen LogP contribution in [-0.4, -0.2) is 17.2 Å². The molecule has 0 fully saturated rings. The number of ketones is 1. The Morgan fingerprint density at radius 3 is 1.43 bits per heavy atom. The van der Waals surface area contributed by atoms with Crippen molar-refractivity contribution >= 4 is 28.6 Å². The Labute approximate surface area is 339 Å². The van der Waals surface area contributed by atoms with Crippen molar-refractivity contribution in [1.82, 2.24) is 0 Å². The predicted octanol–water partition coefficient (Wildman–Crippen LogP) is 13.3. The second-order valence-electron chi connectivity index (χ2n) is 14.5. The van der Waals surface area contributed by atoms with Gasteiger partial charge in [0.25, 0.3) is 0 Å². The number of nitrogens with zero attached hydrogens (tertiary/aromatic N) is 2. The van der Waals surface area contributed by atoms with Crippen LogP contribution in [-0.2, 0) is 34.1 Å². The Morgan fingerprint density at radius 1 is 0.519 bits per heavy atom. The minimum atomic E-state index is -0.496. The molecule has 3 aromatic carbocycles. The molecule has 0 atom stereocenters. The van der Waals surface area contributed by atoms with Gasteiger partial charge in [-0.05, 0) is 80.3 Å². The van der Waals surface area contributed by atoms with E-state index in [9.17, 15) is 15.0 Å². The largest absolute Gasteiger partial charge is 2.00 e. The van der Waals surface area contributed by atoms with Gasteiger partial charge in [0.1, 0.15) is 5.78 Å². The van der Waals surface area contributed by atoms with Crippen molar-refractivity contribution in [2.75, 3.05) is 0 Å². The molecule has 0 saturated carbocycles. The number of benzene rings is 3. The van der Waals surface area contributed by atoms with E-state index < -0.39 is 11.5 Å². The third kappa shape index (κ3) is 22.2. The first-order chi connectivity index (χ1) is 25.9. The normalized spacial score (nSPS) is 11.5. The molecule has 3 aromatic rings. The summed E-state index contributed by atoms with van der Waals surface area (Å²) in [6, 6.07) is 23.8. The summed E-state index contributed by atoms with van der Waals surface area (Å²) >= 11 is 0. The Balaban J connectivity index is 0.000000534. The molecule has 54 heavy (non-hydrogen) atoms. The van der Waals surface area contributed by atoms with E-state index >= 15 is 0 Å². The second-order valence-corrected chi connectivity index (χ2v) is 14.5. The first kappa shape index (κ1) is 48.8. The Bertz CT molecular complexity index is 1440. The molecule has 5 nitrogen and oxygen atoms in total. The van der Waals surface area contributed by atoms with E-state index in [1.807, 2.05) is 12.1 Å². The van der Waals surface area contributed by atoms with Crippen LogP contribution in [0.15, 0.2) is 82.8 Å². The molecule has 0 radical (unpaired) electrons. The number of aliphatic imine (C=N–C) groups is 2. The number of Topliss-reactive ketones (excluding diaryl/α,β-unsaturated/α-hetero) is 1. The summed E-state index contributed by atoms with van der Waals surface area (Å²) in [5.41, 5.74) is 5.66. The second kappa shape index (κ2) is 32.0. The van der Waals surface area contributed by atoms with E-state index in [-0.39, 0.29) is 28.7 Å². The molecule has 6 heteroatoms. The molecule has 0 unspecified atom stereocenters. The summed E-state index contributed by atoms with van der Waals surface area (Å²) in [4.78, 5) is 22.2. The molecule has 0 aromatic heterocycles. The van der Waals surface area contributed by atoms with Gasteiger partial charge in [0.15, 0.2) is 0 Å². The molecule has 3 rings (SSSR count). The van der Waals surface area contributed by atoms with Crippen LogP contribution in [0.4, 0.5) is 11.4 Å². The number of carbonyl (C=O) groups excluding carboxylic acids is 1. The van der Waals surface area contributed by atoms with Crippen molar-refractivity contribution in [3.63, 3.8) is 0 Å². The molecule has 0 saturated heterocycles. The summed E-state index contributed by atoms with van der Waals surface area (Å²) in [7, 11) is 0. The molecule has 0 spiro atoms. The van der Waals surface area contributed by atoms with Gasteiger partial charge in [-0.25, -0.2) is 0 Å². The van der Waals surface area contributed by atoms with Crippen molar-refractivity contribution < 1.29 is 31.5 Å². The van der Waals surface area contributed by atoms with E-state index in [1.165, 1.54) is 95.2 Å². The van der Waals surface area contributed by atoms with Crippen molar-refractivity contribution in [3.05, 3.63) is 83.9 Å². The van der Waals surface area contributed by atoms with Crippen LogP contribution in [0, 0.1) is 0 Å². The number of hydrogen-bond acceptors (Lipinski definition) is 5. The average Bonchev–Trinajstić information content (AvgIpc) is 3.17. The Hall–Kier alpha value is -3.24. The maximum Gasteiger partial charge on any atom is 2.00 e. The molecule has 0 aliphatic carbocycles. The minimum Gasteiger partial charge on any atom is -0.873 e. The maximum absolute atomic E-state index is 12.1. The molecule has 0 heterocycles. The van der Waals surface area contributed by atoms with Gasteiger partial charge in [0.05, 0.1) is 22.8 Å². The first-order valence-electron chi connectivity index (χ1n) is 21.2. The molecule has 0 bridgehead atoms. The molecule has 0 amide bonds. The van der Waals surface area contributed by atoms with Gasteiger partial charge in [-0.15, -0.1) is 11.5 Å². The summed E-state index contributed by atoms with van der Waals surface area (Å²) in [6.07, 6.45) is 25.1. The van der Waals surface area contributed by atoms with Gasteiger partial charge in [-0.2, -0.15) is 0 Å². The fraction of sp³-hybridized carbons (Fsp3) is 0.562. The number of unbranched alkanes of at least 4 members (excludes halogenated alkanes) is 14. The van der Waals surface area contributed by atoms with E-state index in [4.69, 9.17) is 9.98 Å². The molecular weight excluding hydrogens is 711 g/mol. The summed E-state index contributed by atoms with van der Waals surface area (Å²) in [5, 5.41) is 23.8. The zero-order valence-electron chi connectivity index (χ0n) is 34.1. The monoisotopic (exact) mass is 780 g/mol. The average molecular weight is 782 g/mol. The summed E-state index contributed by atoms with van der Waals surface area (Å²) in [6.45, 7) is 8.81. The van der Waals surface area contributed by atoms with Gasteiger partial charge < -0.3 is 10.2 Å². The third-order valence-corrected chi connectivity index (χ3v) is 9.62. The van der Waals surface area contributed by atoms with Crippen LogP contribution in [0.1, 0.15) is 174 Å². The van der Waals surface area contributed by atoms with Gasteiger partial charge in [-0.3, -0.25) is 14.8 Å². The van der Waals surface area contributed by atoms with Gasteiger partial charge in [-0.1, -0.05) is 166 Å². The van der Waals surface area contributed by atoms with E-state index in [0.29, 0.717) is 12.0 Å². The quantitative estimate of drug-likeness (QED) is 0.0438. The Morgan fingerprint density at radius 2 is 0.944 bits per heavy atom. The predicted molar refractivity (Wildman–Crippen MR) is 224 cm³/mol. The number of aryl methyl sites for hydroxylation is 1. The van der Waals surface area contributed by atoms with E-state index in [2.05, 4.69) is 76.2 Å². The first-order valence-corrected chi connectivity index (χ1v) is 21.2. The van der Waals surface area contributed by atoms with Crippen molar-refractivity contribution in [2.24, 2.45) is 9.98 Å². The standard InChI is InChI=1S/C26H36N2.C22H36O3.Ni/c1-3-5-7-8-9-16-22-26(28-24-19-14-11-15-20-24)25(21-6-4-2)27-23-17-12-10-13-18-23;1-3-5-7-8-9-10-11-12-14-20(23)17-19-15-18(13-6-4-2)16-21(24)22(19)25;/h10-15,17-20H,3-9,16,21-22H2,1-2H3;15-16,24-25H,3-14,17H2,1-2H3;/q;;+2/p-2. The SMILES string of the molecule is CCCCCCCCC(=Nc1ccccc1)C(CCCC)=Nc1ccccc1.CCCCCCCCCCC(=O)Cc1cc(CCCC)cc([O-])c1[O-].[Ni+2]. The third-order valence-electron chi connectivity index (χ3n) is 9.62. The number of rotatable bonds is 27. The van der Waals surface area contributed by atoms with Crippen LogP contribution >= 0.6 is 0 Å². The van der Waals surface area contributed by atoms with Crippen LogP contribution in [0.5, 0.6) is 11.5 Å². The molecular formula is C48H70N2NiO3. The zero-order chi connectivity index (χ0) is 38.4. The molecule has 0 aliphatic heterocycles. The fourth-order valence-corrected chi connectivity index (χ4v) is 6.40. The van der Waals surface area contributed by atoms with Gasteiger partial charge >= 0.3 is 16.5 Å².